The molecule has 2 heterocycles. The summed E-state index contributed by atoms with van der Waals surface area (Å²) in [7, 11) is 0. The van der Waals surface area contributed by atoms with Gasteiger partial charge in [-0.3, -0.25) is 0 Å². The van der Waals surface area contributed by atoms with Crippen LogP contribution >= 0.6 is 55.1 Å². The maximum absolute atomic E-state index is 6.00. The van der Waals surface area contributed by atoms with Crippen LogP contribution in [0.1, 0.15) is 47.9 Å². The van der Waals surface area contributed by atoms with Gasteiger partial charge in [0.1, 0.15) is 0 Å². The van der Waals surface area contributed by atoms with Crippen LogP contribution < -0.4 is 9.80 Å². The number of alkyl halides is 2. The van der Waals surface area contributed by atoms with Gasteiger partial charge in [0.05, 0.1) is 0 Å². The molecule has 0 amide bonds. The summed E-state index contributed by atoms with van der Waals surface area (Å²) < 4.78 is 2.38. The second-order valence-corrected chi connectivity index (χ2v) is 13.4. The van der Waals surface area contributed by atoms with Gasteiger partial charge in [-0.05, 0) is 125 Å². The predicted molar refractivity (Wildman–Crippen MR) is 178 cm³/mol. The van der Waals surface area contributed by atoms with E-state index in [9.17, 15) is 0 Å². The molecule has 6 rings (SSSR count). The van der Waals surface area contributed by atoms with Crippen molar-refractivity contribution in [2.75, 3.05) is 47.7 Å². The quantitative estimate of drug-likeness (QED) is 0.170. The number of fused-ring (bicyclic) bond motifs is 6. The Morgan fingerprint density at radius 1 is 0.641 bits per heavy atom. The number of rotatable bonds is 8. The SMILES string of the molecule is ClCCCN1CCCc2c1ccc1cc(Cc3cc4ccc5c(c4cc3Br)CCCN5CCCCl)c(Br)cc21. The van der Waals surface area contributed by atoms with Gasteiger partial charge in [0, 0.05) is 58.3 Å². The van der Waals surface area contributed by atoms with E-state index >= 15 is 0 Å². The summed E-state index contributed by atoms with van der Waals surface area (Å²) in [6.45, 7) is 4.32. The zero-order valence-electron chi connectivity index (χ0n) is 22.2. The fourth-order valence-electron chi connectivity index (χ4n) is 6.58. The summed E-state index contributed by atoms with van der Waals surface area (Å²) in [5.41, 5.74) is 8.39. The first-order chi connectivity index (χ1) is 19.1. The molecular formula is C33H34Br2Cl2N2. The number of aryl methyl sites for hydroxylation is 2. The molecule has 0 unspecified atom stereocenters. The van der Waals surface area contributed by atoms with Crippen molar-refractivity contribution in [2.24, 2.45) is 0 Å². The van der Waals surface area contributed by atoms with Crippen LogP contribution in [0, 0.1) is 0 Å². The molecule has 0 N–H and O–H groups in total. The molecule has 0 aliphatic carbocycles. The highest BCUT2D eigenvalue weighted by Gasteiger charge is 2.21. The molecule has 0 atom stereocenters. The molecule has 0 radical (unpaired) electrons. The number of nitrogens with zero attached hydrogens (tertiary/aromatic N) is 2. The molecule has 2 aliphatic heterocycles. The first-order valence-corrected chi connectivity index (χ1v) is 16.8. The zero-order valence-corrected chi connectivity index (χ0v) is 26.9. The largest absolute Gasteiger partial charge is 0.371 e. The van der Waals surface area contributed by atoms with Gasteiger partial charge >= 0.3 is 0 Å². The molecule has 4 aromatic carbocycles. The Hall–Kier alpha value is -1.46. The Bertz CT molecular complexity index is 1410. The molecule has 39 heavy (non-hydrogen) atoms. The fourth-order valence-corrected chi connectivity index (χ4v) is 7.79. The Kier molecular flexibility index (Phi) is 8.65. The highest BCUT2D eigenvalue weighted by molar-refractivity contribution is 9.10. The monoisotopic (exact) mass is 686 g/mol. The molecule has 0 spiro atoms. The summed E-state index contributed by atoms with van der Waals surface area (Å²) in [5, 5.41) is 5.41. The van der Waals surface area contributed by atoms with Crippen molar-refractivity contribution in [2.45, 2.75) is 44.9 Å². The van der Waals surface area contributed by atoms with Crippen molar-refractivity contribution in [1.82, 2.24) is 0 Å². The van der Waals surface area contributed by atoms with Crippen molar-refractivity contribution in [1.29, 1.82) is 0 Å². The van der Waals surface area contributed by atoms with E-state index in [2.05, 4.69) is 90.2 Å². The molecule has 2 nitrogen and oxygen atoms in total. The number of halogens is 4. The lowest BCUT2D eigenvalue weighted by Gasteiger charge is -2.32. The minimum Gasteiger partial charge on any atom is -0.371 e. The fraction of sp³-hybridized carbons (Fsp3) is 0.394. The van der Waals surface area contributed by atoms with Crippen LogP contribution in [0.3, 0.4) is 0 Å². The average Bonchev–Trinajstić information content (AvgIpc) is 2.95. The van der Waals surface area contributed by atoms with Gasteiger partial charge in [0.25, 0.3) is 0 Å². The molecule has 2 aliphatic rings. The summed E-state index contributed by atoms with van der Waals surface area (Å²) in [5.74, 6) is 1.43. The molecule has 6 heteroatoms. The van der Waals surface area contributed by atoms with Gasteiger partial charge in [-0.2, -0.15) is 0 Å². The summed E-state index contributed by atoms with van der Waals surface area (Å²) >= 11 is 19.9. The lowest BCUT2D eigenvalue weighted by atomic mass is 9.91. The second kappa shape index (κ2) is 12.2. The average molecular weight is 689 g/mol. The number of anilines is 2. The van der Waals surface area contributed by atoms with Crippen LogP contribution in [0.4, 0.5) is 11.4 Å². The Morgan fingerprint density at radius 3 is 1.54 bits per heavy atom. The van der Waals surface area contributed by atoms with E-state index in [1.807, 2.05) is 0 Å². The van der Waals surface area contributed by atoms with Crippen LogP contribution in [0.15, 0.2) is 57.5 Å². The van der Waals surface area contributed by atoms with Crippen molar-refractivity contribution in [3.8, 4) is 0 Å². The second-order valence-electron chi connectivity index (χ2n) is 10.9. The molecule has 4 aromatic rings. The number of benzene rings is 4. The third-order valence-corrected chi connectivity index (χ3v) is 10.5. The summed E-state index contributed by atoms with van der Waals surface area (Å²) in [6.07, 6.45) is 7.61. The first kappa shape index (κ1) is 27.7. The van der Waals surface area contributed by atoms with E-state index in [0.29, 0.717) is 11.8 Å². The number of hydrogen-bond acceptors (Lipinski definition) is 2. The smallest absolute Gasteiger partial charge is 0.0405 e. The highest BCUT2D eigenvalue weighted by Crippen LogP contribution is 2.39. The van der Waals surface area contributed by atoms with Gasteiger partial charge in [0.2, 0.25) is 0 Å². The van der Waals surface area contributed by atoms with Crippen molar-refractivity contribution in [3.63, 3.8) is 0 Å². The Labute approximate surface area is 258 Å². The van der Waals surface area contributed by atoms with Gasteiger partial charge in [0.15, 0.2) is 0 Å². The maximum Gasteiger partial charge on any atom is 0.0405 e. The molecule has 204 valence electrons. The van der Waals surface area contributed by atoms with Crippen LogP contribution in [-0.2, 0) is 19.3 Å². The van der Waals surface area contributed by atoms with E-state index in [1.54, 1.807) is 0 Å². The van der Waals surface area contributed by atoms with E-state index in [1.165, 1.54) is 77.0 Å². The van der Waals surface area contributed by atoms with Crippen LogP contribution in [-0.4, -0.2) is 37.9 Å². The molecule has 0 saturated carbocycles. The summed E-state index contributed by atoms with van der Waals surface area (Å²) in [4.78, 5) is 5.04. The third kappa shape index (κ3) is 5.56. The predicted octanol–water partition coefficient (Wildman–Crippen LogP) is 9.87. The van der Waals surface area contributed by atoms with Gasteiger partial charge in [-0.25, -0.2) is 0 Å². The summed E-state index contributed by atoms with van der Waals surface area (Å²) in [6, 6.07) is 18.8. The van der Waals surface area contributed by atoms with Crippen LogP contribution in [0.25, 0.3) is 21.5 Å². The zero-order chi connectivity index (χ0) is 26.9. The van der Waals surface area contributed by atoms with Gasteiger partial charge < -0.3 is 9.80 Å². The van der Waals surface area contributed by atoms with Crippen LogP contribution in [0.2, 0.25) is 0 Å². The normalized spacial score (nSPS) is 15.2. The van der Waals surface area contributed by atoms with Gasteiger partial charge in [-0.15, -0.1) is 23.2 Å². The number of hydrogen-bond donors (Lipinski definition) is 0. The lowest BCUT2D eigenvalue weighted by Crippen LogP contribution is -2.30. The topological polar surface area (TPSA) is 6.48 Å². The van der Waals surface area contributed by atoms with Gasteiger partial charge in [-0.1, -0.05) is 44.0 Å². The molecule has 0 bridgehead atoms. The van der Waals surface area contributed by atoms with Crippen molar-refractivity contribution < 1.29 is 0 Å². The Morgan fingerprint density at radius 2 is 1.10 bits per heavy atom. The minimum atomic E-state index is 0.716. The molecule has 0 saturated heterocycles. The molecule has 0 aromatic heterocycles. The minimum absolute atomic E-state index is 0.716. The van der Waals surface area contributed by atoms with E-state index < -0.39 is 0 Å². The van der Waals surface area contributed by atoms with Crippen molar-refractivity contribution in [3.05, 3.63) is 79.7 Å². The Balaban J connectivity index is 1.32. The highest BCUT2D eigenvalue weighted by atomic mass is 79.9. The lowest BCUT2D eigenvalue weighted by molar-refractivity contribution is 0.685. The standard InChI is InChI=1S/C33H34Br2Cl2N2/c34-30-20-28-22(7-9-32-26(28)5-1-13-38(32)15-3-11-36)17-24(30)19-25-18-23-8-10-33-27(29(23)21-31(25)35)6-2-14-39(33)16-4-12-37/h7-10,17-18,20-21H,1-6,11-16,19H2. The maximum atomic E-state index is 6.00. The van der Waals surface area contributed by atoms with Crippen LogP contribution in [0.5, 0.6) is 0 Å². The van der Waals surface area contributed by atoms with E-state index in [4.69, 9.17) is 23.2 Å². The van der Waals surface area contributed by atoms with Crippen molar-refractivity contribution >= 4 is 88.0 Å². The van der Waals surface area contributed by atoms with E-state index in [0.717, 1.165) is 58.3 Å². The molecular weight excluding hydrogens is 655 g/mol. The molecule has 0 fully saturated rings. The first-order valence-electron chi connectivity index (χ1n) is 14.2. The third-order valence-electron chi connectivity index (χ3n) is 8.44. The van der Waals surface area contributed by atoms with E-state index in [-0.39, 0.29) is 0 Å².